The van der Waals surface area contributed by atoms with E-state index in [2.05, 4.69) is 15.4 Å². The predicted octanol–water partition coefficient (Wildman–Crippen LogP) is 4.03. The number of aromatic nitrogens is 3. The molecule has 0 radical (unpaired) electrons. The first-order chi connectivity index (χ1) is 9.79. The van der Waals surface area contributed by atoms with Crippen molar-refractivity contribution in [2.45, 2.75) is 33.7 Å². The summed E-state index contributed by atoms with van der Waals surface area (Å²) < 4.78 is 1.87. The summed E-state index contributed by atoms with van der Waals surface area (Å²) in [7, 11) is 0. The van der Waals surface area contributed by atoms with Crippen LogP contribution >= 0.6 is 23.2 Å². The van der Waals surface area contributed by atoms with Crippen molar-refractivity contribution in [3.63, 3.8) is 0 Å². The second-order valence-corrected chi connectivity index (χ2v) is 5.81. The van der Waals surface area contributed by atoms with Crippen LogP contribution < -0.4 is 5.32 Å². The Balaban J connectivity index is 2.32. The molecule has 2 aromatic rings. The van der Waals surface area contributed by atoms with Gasteiger partial charge in [0.25, 0.3) is 5.91 Å². The average molecular weight is 327 g/mol. The summed E-state index contributed by atoms with van der Waals surface area (Å²) in [5.41, 5.74) is 2.73. The van der Waals surface area contributed by atoms with E-state index in [0.29, 0.717) is 11.3 Å². The molecule has 2 heterocycles. The molecule has 112 valence electrons. The SMILES string of the molecule is Cc1nn(C(C)C)c(C)c1NC(=O)c1cc(Cl)nc(Cl)c1. The van der Waals surface area contributed by atoms with Gasteiger partial charge in [0, 0.05) is 11.6 Å². The molecule has 0 aliphatic heterocycles. The Morgan fingerprint density at radius 1 is 1.24 bits per heavy atom. The van der Waals surface area contributed by atoms with Crippen molar-refractivity contribution in [1.29, 1.82) is 0 Å². The van der Waals surface area contributed by atoms with Gasteiger partial charge in [0.05, 0.1) is 17.1 Å². The molecule has 2 rings (SSSR count). The molecule has 0 saturated carbocycles. The average Bonchev–Trinajstić information content (AvgIpc) is 2.65. The fraction of sp³-hybridized carbons (Fsp3) is 0.357. The number of carbonyl (C=O) groups excluding carboxylic acids is 1. The third-order valence-corrected chi connectivity index (χ3v) is 3.46. The molecular formula is C14H16Cl2N4O. The van der Waals surface area contributed by atoms with Crippen LogP contribution in [0.5, 0.6) is 0 Å². The van der Waals surface area contributed by atoms with E-state index in [4.69, 9.17) is 23.2 Å². The van der Waals surface area contributed by atoms with E-state index in [9.17, 15) is 4.79 Å². The maximum absolute atomic E-state index is 12.3. The molecule has 5 nitrogen and oxygen atoms in total. The topological polar surface area (TPSA) is 59.8 Å². The zero-order chi connectivity index (χ0) is 15.7. The zero-order valence-electron chi connectivity index (χ0n) is 12.2. The van der Waals surface area contributed by atoms with Crippen LogP contribution in [0.4, 0.5) is 5.69 Å². The highest BCUT2D eigenvalue weighted by molar-refractivity contribution is 6.33. The summed E-state index contributed by atoms with van der Waals surface area (Å²) in [5, 5.41) is 7.65. The predicted molar refractivity (Wildman–Crippen MR) is 84.3 cm³/mol. The van der Waals surface area contributed by atoms with Crippen LogP contribution in [0.2, 0.25) is 10.3 Å². The van der Waals surface area contributed by atoms with Gasteiger partial charge in [0.2, 0.25) is 0 Å². The molecule has 0 unspecified atom stereocenters. The number of anilines is 1. The standard InChI is InChI=1S/C14H16Cl2N4O/c1-7(2)20-9(4)13(8(3)19-20)18-14(21)10-5-11(15)17-12(16)6-10/h5-7H,1-4H3,(H,18,21). The van der Waals surface area contributed by atoms with Gasteiger partial charge in [-0.3, -0.25) is 9.48 Å². The van der Waals surface area contributed by atoms with Gasteiger partial charge < -0.3 is 5.32 Å². The van der Waals surface area contributed by atoms with Gasteiger partial charge in [-0.05, 0) is 39.8 Å². The fourth-order valence-corrected chi connectivity index (χ4v) is 2.59. The Kier molecular flexibility index (Phi) is 4.54. The van der Waals surface area contributed by atoms with Gasteiger partial charge in [0.15, 0.2) is 0 Å². The van der Waals surface area contributed by atoms with E-state index in [1.807, 2.05) is 32.4 Å². The van der Waals surface area contributed by atoms with Crippen LogP contribution in [0, 0.1) is 13.8 Å². The normalized spacial score (nSPS) is 11.0. The molecule has 0 aromatic carbocycles. The van der Waals surface area contributed by atoms with Gasteiger partial charge in [-0.15, -0.1) is 0 Å². The maximum atomic E-state index is 12.3. The summed E-state index contributed by atoms with van der Waals surface area (Å²) in [6.07, 6.45) is 0. The molecule has 21 heavy (non-hydrogen) atoms. The van der Waals surface area contributed by atoms with E-state index in [-0.39, 0.29) is 22.3 Å². The van der Waals surface area contributed by atoms with Crippen molar-refractivity contribution in [3.8, 4) is 0 Å². The van der Waals surface area contributed by atoms with Crippen LogP contribution in [-0.2, 0) is 0 Å². The number of hydrogen-bond donors (Lipinski definition) is 1. The fourth-order valence-electron chi connectivity index (χ4n) is 2.13. The minimum atomic E-state index is -0.296. The minimum absolute atomic E-state index is 0.180. The largest absolute Gasteiger partial charge is 0.319 e. The summed E-state index contributed by atoms with van der Waals surface area (Å²) in [6.45, 7) is 7.84. The molecule has 0 spiro atoms. The minimum Gasteiger partial charge on any atom is -0.319 e. The van der Waals surface area contributed by atoms with Gasteiger partial charge in [-0.25, -0.2) is 4.98 Å². The van der Waals surface area contributed by atoms with Crippen molar-refractivity contribution < 1.29 is 4.79 Å². The molecule has 0 bridgehead atoms. The first kappa shape index (κ1) is 15.8. The summed E-state index contributed by atoms with van der Waals surface area (Å²) in [5.74, 6) is -0.296. The third kappa shape index (κ3) is 3.36. The number of pyridine rings is 1. The molecule has 7 heteroatoms. The molecule has 0 atom stereocenters. The lowest BCUT2D eigenvalue weighted by Gasteiger charge is -2.09. The second kappa shape index (κ2) is 6.03. The number of carbonyl (C=O) groups is 1. The van der Waals surface area contributed by atoms with Crippen LogP contribution in [0.3, 0.4) is 0 Å². The summed E-state index contributed by atoms with van der Waals surface area (Å²) in [4.78, 5) is 16.1. The highest BCUT2D eigenvalue weighted by Gasteiger charge is 2.17. The molecular weight excluding hydrogens is 311 g/mol. The van der Waals surface area contributed by atoms with Crippen molar-refractivity contribution in [2.24, 2.45) is 0 Å². The Morgan fingerprint density at radius 2 is 1.81 bits per heavy atom. The number of nitrogens with one attached hydrogen (secondary N) is 1. The highest BCUT2D eigenvalue weighted by atomic mass is 35.5. The van der Waals surface area contributed by atoms with E-state index in [0.717, 1.165) is 11.4 Å². The van der Waals surface area contributed by atoms with E-state index >= 15 is 0 Å². The Hall–Kier alpha value is -1.59. The smallest absolute Gasteiger partial charge is 0.255 e. The number of halogens is 2. The van der Waals surface area contributed by atoms with Crippen molar-refractivity contribution >= 4 is 34.8 Å². The number of hydrogen-bond acceptors (Lipinski definition) is 3. The quantitative estimate of drug-likeness (QED) is 0.866. The summed E-state index contributed by atoms with van der Waals surface area (Å²) >= 11 is 11.6. The summed E-state index contributed by atoms with van der Waals surface area (Å²) in [6, 6.07) is 3.17. The Bertz CT molecular complexity index is 674. The first-order valence-corrected chi connectivity index (χ1v) is 7.25. The maximum Gasteiger partial charge on any atom is 0.255 e. The van der Waals surface area contributed by atoms with Crippen LogP contribution in [-0.4, -0.2) is 20.7 Å². The molecule has 2 aromatic heterocycles. The monoisotopic (exact) mass is 326 g/mol. The lowest BCUT2D eigenvalue weighted by atomic mass is 10.2. The molecule has 0 aliphatic rings. The Morgan fingerprint density at radius 3 is 2.29 bits per heavy atom. The number of rotatable bonds is 3. The molecule has 0 aliphatic carbocycles. The van der Waals surface area contributed by atoms with Crippen LogP contribution in [0.25, 0.3) is 0 Å². The van der Waals surface area contributed by atoms with E-state index in [1.165, 1.54) is 12.1 Å². The van der Waals surface area contributed by atoms with Gasteiger partial charge >= 0.3 is 0 Å². The second-order valence-electron chi connectivity index (χ2n) is 5.04. The Labute approximate surface area is 133 Å². The van der Waals surface area contributed by atoms with Gasteiger partial charge in [0.1, 0.15) is 10.3 Å². The van der Waals surface area contributed by atoms with Crippen molar-refractivity contribution in [1.82, 2.24) is 14.8 Å². The van der Waals surface area contributed by atoms with E-state index in [1.54, 1.807) is 0 Å². The molecule has 1 amide bonds. The third-order valence-electron chi connectivity index (χ3n) is 3.08. The van der Waals surface area contributed by atoms with Crippen molar-refractivity contribution in [3.05, 3.63) is 39.4 Å². The lowest BCUT2D eigenvalue weighted by molar-refractivity contribution is 0.102. The van der Waals surface area contributed by atoms with Crippen LogP contribution in [0.15, 0.2) is 12.1 Å². The van der Waals surface area contributed by atoms with Gasteiger partial charge in [-0.2, -0.15) is 5.10 Å². The van der Waals surface area contributed by atoms with E-state index < -0.39 is 0 Å². The molecule has 1 N–H and O–H groups in total. The first-order valence-electron chi connectivity index (χ1n) is 6.49. The highest BCUT2D eigenvalue weighted by Crippen LogP contribution is 2.23. The molecule has 0 fully saturated rings. The van der Waals surface area contributed by atoms with Crippen molar-refractivity contribution in [2.75, 3.05) is 5.32 Å². The number of aryl methyl sites for hydroxylation is 1. The van der Waals surface area contributed by atoms with Crippen LogP contribution in [0.1, 0.15) is 41.6 Å². The number of amides is 1. The molecule has 0 saturated heterocycles. The zero-order valence-corrected chi connectivity index (χ0v) is 13.7. The number of nitrogens with zero attached hydrogens (tertiary/aromatic N) is 3. The lowest BCUT2D eigenvalue weighted by Crippen LogP contribution is -2.14. The van der Waals surface area contributed by atoms with Gasteiger partial charge in [-0.1, -0.05) is 23.2 Å².